The van der Waals surface area contributed by atoms with Crippen LogP contribution in [0.1, 0.15) is 31.0 Å². The molecule has 1 unspecified atom stereocenters. The van der Waals surface area contributed by atoms with E-state index < -0.39 is 5.92 Å². The number of pyridine rings is 1. The normalized spacial score (nSPS) is 19.8. The summed E-state index contributed by atoms with van der Waals surface area (Å²) in [6, 6.07) is 3.73. The maximum Gasteiger partial charge on any atom is 0.409 e. The maximum absolute atomic E-state index is 13.1. The molecule has 0 spiro atoms. The van der Waals surface area contributed by atoms with Crippen molar-refractivity contribution in [2.24, 2.45) is 0 Å². The fraction of sp³-hybridized carbons (Fsp3) is 0.556. The number of hydrogen-bond acceptors (Lipinski definition) is 5. The molecule has 1 atom stereocenters. The molecule has 140 valence electrons. The van der Waals surface area contributed by atoms with Gasteiger partial charge < -0.3 is 19.4 Å². The Kier molecular flexibility index (Phi) is 5.39. The smallest absolute Gasteiger partial charge is 0.409 e. The Bertz CT molecular complexity index is 700. The van der Waals surface area contributed by atoms with E-state index in [1.54, 1.807) is 27.8 Å². The third kappa shape index (κ3) is 3.63. The summed E-state index contributed by atoms with van der Waals surface area (Å²) in [5.74, 6) is -0.554. The van der Waals surface area contributed by atoms with Crippen molar-refractivity contribution < 1.29 is 19.1 Å². The highest BCUT2D eigenvalue weighted by Gasteiger charge is 2.36. The lowest BCUT2D eigenvalue weighted by atomic mass is 9.93. The highest BCUT2D eigenvalue weighted by atomic mass is 16.6. The first-order chi connectivity index (χ1) is 12.5. The van der Waals surface area contributed by atoms with E-state index in [9.17, 15) is 14.4 Å². The van der Waals surface area contributed by atoms with Gasteiger partial charge in [0.15, 0.2) is 0 Å². The Morgan fingerprint density at radius 3 is 2.50 bits per heavy atom. The Hall–Kier alpha value is -2.64. The van der Waals surface area contributed by atoms with Gasteiger partial charge in [-0.1, -0.05) is 6.07 Å². The predicted octanol–water partition coefficient (Wildman–Crippen LogP) is 0.828. The van der Waals surface area contributed by atoms with Crippen molar-refractivity contribution in [3.63, 3.8) is 0 Å². The van der Waals surface area contributed by atoms with Gasteiger partial charge in [0, 0.05) is 52.4 Å². The van der Waals surface area contributed by atoms with Gasteiger partial charge in [0.25, 0.3) is 0 Å². The molecule has 1 aromatic heterocycles. The summed E-state index contributed by atoms with van der Waals surface area (Å²) >= 11 is 0. The molecule has 0 aliphatic carbocycles. The fourth-order valence-corrected chi connectivity index (χ4v) is 3.45. The van der Waals surface area contributed by atoms with Crippen LogP contribution in [0.4, 0.5) is 4.79 Å². The van der Waals surface area contributed by atoms with E-state index in [4.69, 9.17) is 4.74 Å². The first kappa shape index (κ1) is 18.2. The standard InChI is InChI=1S/C18H24N4O4/c1-3-26-18(25)21-9-7-20(8-10-21)17(24)15-12-22(13(2)23)11-14-5-4-6-19-16(14)15/h4-6,15H,3,7-12H2,1-2H3. The second kappa shape index (κ2) is 7.72. The molecule has 0 aromatic carbocycles. The van der Waals surface area contributed by atoms with Crippen LogP contribution >= 0.6 is 0 Å². The van der Waals surface area contributed by atoms with E-state index in [-0.39, 0.29) is 17.9 Å². The summed E-state index contributed by atoms with van der Waals surface area (Å²) in [6.07, 6.45) is 1.34. The second-order valence-corrected chi connectivity index (χ2v) is 6.51. The van der Waals surface area contributed by atoms with E-state index in [0.717, 1.165) is 11.3 Å². The molecule has 3 rings (SSSR count). The van der Waals surface area contributed by atoms with Crippen molar-refractivity contribution in [2.75, 3.05) is 39.3 Å². The first-order valence-electron chi connectivity index (χ1n) is 8.91. The highest BCUT2D eigenvalue weighted by Crippen LogP contribution is 2.28. The lowest BCUT2D eigenvalue weighted by Crippen LogP contribution is -2.53. The van der Waals surface area contributed by atoms with Crippen molar-refractivity contribution in [2.45, 2.75) is 26.3 Å². The van der Waals surface area contributed by atoms with Crippen LogP contribution in [0.3, 0.4) is 0 Å². The third-order valence-corrected chi connectivity index (χ3v) is 4.88. The molecule has 26 heavy (non-hydrogen) atoms. The van der Waals surface area contributed by atoms with Crippen molar-refractivity contribution in [1.82, 2.24) is 19.7 Å². The van der Waals surface area contributed by atoms with Gasteiger partial charge in [-0.3, -0.25) is 14.6 Å². The third-order valence-electron chi connectivity index (χ3n) is 4.88. The van der Waals surface area contributed by atoms with Gasteiger partial charge in [-0.2, -0.15) is 0 Å². The van der Waals surface area contributed by atoms with Gasteiger partial charge in [0.05, 0.1) is 18.2 Å². The van der Waals surface area contributed by atoms with Crippen molar-refractivity contribution in [3.8, 4) is 0 Å². The Labute approximate surface area is 152 Å². The van der Waals surface area contributed by atoms with E-state index in [1.807, 2.05) is 12.1 Å². The van der Waals surface area contributed by atoms with Gasteiger partial charge in [0.1, 0.15) is 0 Å². The van der Waals surface area contributed by atoms with E-state index in [2.05, 4.69) is 4.98 Å². The average Bonchev–Trinajstić information content (AvgIpc) is 2.66. The number of aromatic nitrogens is 1. The molecule has 0 N–H and O–H groups in total. The summed E-state index contributed by atoms with van der Waals surface area (Å²) in [7, 11) is 0. The van der Waals surface area contributed by atoms with E-state index in [0.29, 0.717) is 45.9 Å². The van der Waals surface area contributed by atoms with Crippen LogP contribution in [0.5, 0.6) is 0 Å². The van der Waals surface area contributed by atoms with Crippen LogP contribution in [0, 0.1) is 0 Å². The van der Waals surface area contributed by atoms with Crippen LogP contribution in [-0.4, -0.2) is 76.9 Å². The number of nitrogens with zero attached hydrogens (tertiary/aromatic N) is 4. The number of hydrogen-bond donors (Lipinski definition) is 0. The first-order valence-corrected chi connectivity index (χ1v) is 8.91. The van der Waals surface area contributed by atoms with Gasteiger partial charge >= 0.3 is 6.09 Å². The monoisotopic (exact) mass is 360 g/mol. The zero-order chi connectivity index (χ0) is 18.7. The second-order valence-electron chi connectivity index (χ2n) is 6.51. The van der Waals surface area contributed by atoms with Gasteiger partial charge in [-0.15, -0.1) is 0 Å². The van der Waals surface area contributed by atoms with Crippen LogP contribution in [0.15, 0.2) is 18.3 Å². The topological polar surface area (TPSA) is 83.0 Å². The molecule has 3 amide bonds. The number of ether oxygens (including phenoxy) is 1. The molecule has 2 aliphatic rings. The van der Waals surface area contributed by atoms with Crippen molar-refractivity contribution in [3.05, 3.63) is 29.6 Å². The Balaban J connectivity index is 1.71. The zero-order valence-electron chi connectivity index (χ0n) is 15.2. The molecule has 3 heterocycles. The molecular formula is C18H24N4O4. The molecule has 8 heteroatoms. The molecule has 0 bridgehead atoms. The SMILES string of the molecule is CCOC(=O)N1CCN(C(=O)C2CN(C(C)=O)Cc3cccnc32)CC1. The lowest BCUT2D eigenvalue weighted by Gasteiger charge is -2.38. The number of rotatable bonds is 2. The minimum Gasteiger partial charge on any atom is -0.450 e. The highest BCUT2D eigenvalue weighted by molar-refractivity contribution is 5.86. The summed E-state index contributed by atoms with van der Waals surface area (Å²) in [4.78, 5) is 46.2. The molecule has 8 nitrogen and oxygen atoms in total. The molecular weight excluding hydrogens is 336 g/mol. The van der Waals surface area contributed by atoms with Crippen LogP contribution in [0.25, 0.3) is 0 Å². The number of fused-ring (bicyclic) bond motifs is 1. The quantitative estimate of drug-likeness (QED) is 0.780. The fourth-order valence-electron chi connectivity index (χ4n) is 3.45. The lowest BCUT2D eigenvalue weighted by molar-refractivity contribution is -0.137. The van der Waals surface area contributed by atoms with Gasteiger partial charge in [-0.05, 0) is 18.6 Å². The van der Waals surface area contributed by atoms with Crippen molar-refractivity contribution in [1.29, 1.82) is 0 Å². The molecule has 1 aromatic rings. The minimum absolute atomic E-state index is 0.0422. The maximum atomic E-state index is 13.1. The summed E-state index contributed by atoms with van der Waals surface area (Å²) in [6.45, 7) is 6.25. The van der Waals surface area contributed by atoms with Gasteiger partial charge in [-0.25, -0.2) is 4.79 Å². The van der Waals surface area contributed by atoms with Crippen LogP contribution in [0.2, 0.25) is 0 Å². The average molecular weight is 360 g/mol. The number of amides is 3. The number of piperazine rings is 1. The molecule has 0 saturated carbocycles. The van der Waals surface area contributed by atoms with Crippen molar-refractivity contribution >= 4 is 17.9 Å². The number of carbonyl (C=O) groups is 3. The van der Waals surface area contributed by atoms with Crippen LogP contribution < -0.4 is 0 Å². The zero-order valence-corrected chi connectivity index (χ0v) is 15.2. The molecule has 1 saturated heterocycles. The van der Waals surface area contributed by atoms with Crippen LogP contribution in [-0.2, 0) is 20.9 Å². The minimum atomic E-state index is -0.460. The Morgan fingerprint density at radius 2 is 1.85 bits per heavy atom. The summed E-state index contributed by atoms with van der Waals surface area (Å²) in [5.41, 5.74) is 1.67. The summed E-state index contributed by atoms with van der Waals surface area (Å²) < 4.78 is 5.01. The van der Waals surface area contributed by atoms with Gasteiger partial charge in [0.2, 0.25) is 11.8 Å². The molecule has 1 fully saturated rings. The van der Waals surface area contributed by atoms with E-state index in [1.165, 1.54) is 6.92 Å². The predicted molar refractivity (Wildman–Crippen MR) is 93.2 cm³/mol. The van der Waals surface area contributed by atoms with E-state index >= 15 is 0 Å². The summed E-state index contributed by atoms with van der Waals surface area (Å²) in [5, 5.41) is 0. The largest absolute Gasteiger partial charge is 0.450 e. The number of carbonyl (C=O) groups excluding carboxylic acids is 3. The molecule has 2 aliphatic heterocycles. The molecule has 0 radical (unpaired) electrons. The Morgan fingerprint density at radius 1 is 1.15 bits per heavy atom.